The predicted octanol–water partition coefficient (Wildman–Crippen LogP) is 4.35. The normalized spacial score (nSPS) is 21.1. The van der Waals surface area contributed by atoms with Gasteiger partial charge in [0.2, 0.25) is 0 Å². The summed E-state index contributed by atoms with van der Waals surface area (Å²) in [6.45, 7) is 8.74. The number of nitrogens with zero attached hydrogens (tertiary/aromatic N) is 1. The van der Waals surface area contributed by atoms with E-state index < -0.39 is 21.8 Å². The summed E-state index contributed by atoms with van der Waals surface area (Å²) in [5.74, 6) is -1.30. The number of hydrogen-bond acceptors (Lipinski definition) is 5. The van der Waals surface area contributed by atoms with Gasteiger partial charge in [-0.2, -0.15) is 0 Å². The summed E-state index contributed by atoms with van der Waals surface area (Å²) in [5, 5.41) is 9.90. The molecule has 182 valence electrons. The van der Waals surface area contributed by atoms with Crippen molar-refractivity contribution in [2.45, 2.75) is 37.5 Å². The summed E-state index contributed by atoms with van der Waals surface area (Å²) in [4.78, 5) is 14.1. The molecule has 0 amide bonds. The van der Waals surface area contributed by atoms with E-state index in [1.807, 2.05) is 13.8 Å². The first-order chi connectivity index (χ1) is 16.1. The van der Waals surface area contributed by atoms with Gasteiger partial charge in [0.05, 0.1) is 17.2 Å². The van der Waals surface area contributed by atoms with Crippen molar-refractivity contribution in [1.82, 2.24) is 4.90 Å². The van der Waals surface area contributed by atoms with Crippen molar-refractivity contribution in [3.63, 3.8) is 0 Å². The number of anilines is 1. The monoisotopic (exact) mass is 488 g/mol. The second kappa shape index (κ2) is 9.03. The molecule has 1 aliphatic carbocycles. The molecule has 1 unspecified atom stereocenters. The molecule has 1 heterocycles. The molecule has 2 atom stereocenters. The van der Waals surface area contributed by atoms with Crippen molar-refractivity contribution in [1.29, 1.82) is 0 Å². The van der Waals surface area contributed by atoms with E-state index in [0.29, 0.717) is 19.1 Å². The molecule has 34 heavy (non-hydrogen) atoms. The average Bonchev–Trinajstić information content (AvgIpc) is 3.47. The van der Waals surface area contributed by atoms with Crippen LogP contribution >= 0.6 is 0 Å². The first kappa shape index (κ1) is 24.2. The zero-order chi connectivity index (χ0) is 24.7. The van der Waals surface area contributed by atoms with Crippen molar-refractivity contribution in [2.24, 2.45) is 5.92 Å². The van der Waals surface area contributed by atoms with Crippen LogP contribution in [0.5, 0.6) is 5.75 Å². The molecule has 0 spiro atoms. The fraction of sp³-hybridized carbons (Fsp3) is 0.400. The number of carboxylic acid groups (broad SMARTS) is 1. The molecular formula is C25H29FN2O5S. The summed E-state index contributed by atoms with van der Waals surface area (Å²) in [6, 6.07) is 6.59. The van der Waals surface area contributed by atoms with Crippen LogP contribution in [0.15, 0.2) is 41.3 Å². The number of ether oxygens (including phenoxy) is 1. The number of likely N-dealkylation sites (N-methyl/N-ethyl adjacent to an activating group) is 1. The molecule has 1 aliphatic heterocycles. The lowest BCUT2D eigenvalue weighted by molar-refractivity contribution is 0.0692. The number of carboxylic acids is 1. The van der Waals surface area contributed by atoms with Crippen LogP contribution < -0.4 is 9.46 Å². The Morgan fingerprint density at radius 3 is 2.71 bits per heavy atom. The topological polar surface area (TPSA) is 95.9 Å². The first-order valence-electron chi connectivity index (χ1n) is 11.4. The van der Waals surface area contributed by atoms with Gasteiger partial charge < -0.3 is 14.7 Å². The molecule has 7 nitrogen and oxygen atoms in total. The van der Waals surface area contributed by atoms with Crippen LogP contribution in [-0.4, -0.2) is 50.6 Å². The number of hydrogen-bond donors (Lipinski definition) is 2. The zero-order valence-corrected chi connectivity index (χ0v) is 20.3. The van der Waals surface area contributed by atoms with Crippen molar-refractivity contribution < 1.29 is 27.4 Å². The van der Waals surface area contributed by atoms with Crippen LogP contribution in [0.1, 0.15) is 48.7 Å². The maximum Gasteiger partial charge on any atom is 0.341 e. The molecule has 9 heteroatoms. The van der Waals surface area contributed by atoms with E-state index >= 15 is 0 Å². The van der Waals surface area contributed by atoms with Crippen molar-refractivity contribution >= 4 is 27.8 Å². The summed E-state index contributed by atoms with van der Waals surface area (Å²) < 4.78 is 48.7. The number of rotatable bonds is 9. The van der Waals surface area contributed by atoms with E-state index in [-0.39, 0.29) is 32.9 Å². The highest BCUT2D eigenvalue weighted by molar-refractivity contribution is 7.92. The molecule has 0 radical (unpaired) electrons. The number of nitrogens with one attached hydrogen (secondary N) is 1. The average molecular weight is 489 g/mol. The molecule has 2 N–H and O–H groups in total. The van der Waals surface area contributed by atoms with Crippen LogP contribution in [0.2, 0.25) is 0 Å². The Morgan fingerprint density at radius 1 is 1.29 bits per heavy atom. The van der Waals surface area contributed by atoms with Crippen LogP contribution in [0, 0.1) is 11.7 Å². The smallest absolute Gasteiger partial charge is 0.341 e. The van der Waals surface area contributed by atoms with Crippen LogP contribution in [0.4, 0.5) is 10.1 Å². The first-order valence-corrected chi connectivity index (χ1v) is 12.8. The van der Waals surface area contributed by atoms with Crippen molar-refractivity contribution in [2.75, 3.05) is 31.0 Å². The maximum absolute atomic E-state index is 14.0. The molecule has 2 aromatic carbocycles. The van der Waals surface area contributed by atoms with E-state index in [9.17, 15) is 22.7 Å². The Morgan fingerprint density at radius 2 is 2.03 bits per heavy atom. The summed E-state index contributed by atoms with van der Waals surface area (Å²) in [5.41, 5.74) is 0.518. The van der Waals surface area contributed by atoms with Gasteiger partial charge in [0, 0.05) is 23.4 Å². The van der Waals surface area contributed by atoms with Gasteiger partial charge in [-0.25, -0.2) is 17.6 Å². The van der Waals surface area contributed by atoms with Crippen LogP contribution in [0.25, 0.3) is 6.08 Å². The second-order valence-electron chi connectivity index (χ2n) is 8.98. The predicted molar refractivity (Wildman–Crippen MR) is 128 cm³/mol. The molecule has 1 saturated carbocycles. The zero-order valence-electron chi connectivity index (χ0n) is 19.5. The quantitative estimate of drug-likeness (QED) is 0.545. The van der Waals surface area contributed by atoms with Crippen molar-refractivity contribution in [3.8, 4) is 5.75 Å². The second-order valence-corrected chi connectivity index (χ2v) is 10.6. The van der Waals surface area contributed by atoms with E-state index in [1.165, 1.54) is 12.1 Å². The number of fused-ring (bicyclic) bond motifs is 3. The van der Waals surface area contributed by atoms with E-state index in [0.717, 1.165) is 37.2 Å². The summed E-state index contributed by atoms with van der Waals surface area (Å²) >= 11 is 0. The van der Waals surface area contributed by atoms with E-state index in [1.54, 1.807) is 18.2 Å². The van der Waals surface area contributed by atoms with Gasteiger partial charge in [0.1, 0.15) is 17.1 Å². The number of sulfonamides is 1. The SMILES string of the molecule is CCN(CC)C/C=C\c1cc(F)ccc1S(=O)(=O)Nc1ccc2c(c1C(=O)O)OC[C@H]1CC21C. The Hall–Kier alpha value is -2.91. The Balaban J connectivity index is 1.69. The third-order valence-electron chi connectivity index (χ3n) is 6.89. The van der Waals surface area contributed by atoms with Crippen LogP contribution in [-0.2, 0) is 15.4 Å². The number of halogens is 1. The van der Waals surface area contributed by atoms with Gasteiger partial charge in [-0.15, -0.1) is 0 Å². The Bertz CT molecular complexity index is 1260. The fourth-order valence-corrected chi connectivity index (χ4v) is 5.85. The van der Waals surface area contributed by atoms with Gasteiger partial charge in [-0.3, -0.25) is 4.72 Å². The van der Waals surface area contributed by atoms with Crippen molar-refractivity contribution in [3.05, 3.63) is 58.9 Å². The largest absolute Gasteiger partial charge is 0.492 e. The molecule has 2 aliphatic rings. The Labute approximate surface area is 199 Å². The molecule has 0 aromatic heterocycles. The van der Waals surface area contributed by atoms with Gasteiger partial charge in [-0.1, -0.05) is 39.0 Å². The molecule has 4 rings (SSSR count). The van der Waals surface area contributed by atoms with E-state index in [2.05, 4.69) is 16.5 Å². The number of aromatic carboxylic acids is 1. The minimum atomic E-state index is -4.22. The summed E-state index contributed by atoms with van der Waals surface area (Å²) in [7, 11) is -4.22. The molecule has 2 aromatic rings. The number of benzene rings is 2. The lowest BCUT2D eigenvalue weighted by Crippen LogP contribution is -2.23. The molecular weight excluding hydrogens is 459 g/mol. The Kier molecular flexibility index (Phi) is 6.44. The fourth-order valence-electron chi connectivity index (χ4n) is 4.59. The standard InChI is InChI=1S/C25H29FN2O5S/c1-4-28(5-2)12-6-7-16-13-18(26)8-11-21(16)34(31,32)27-20-10-9-19-23(22(20)24(29)30)33-15-17-14-25(17,19)3/h6-11,13,17,27H,4-5,12,14-15H2,1-3H3,(H,29,30)/b7-6-/t17-,25?/m1/s1. The lowest BCUT2D eigenvalue weighted by atomic mass is 9.90. The highest BCUT2D eigenvalue weighted by atomic mass is 32.2. The maximum atomic E-state index is 14.0. The highest BCUT2D eigenvalue weighted by Gasteiger charge is 2.56. The third kappa shape index (κ3) is 4.42. The lowest BCUT2D eigenvalue weighted by Gasteiger charge is -2.25. The minimum Gasteiger partial charge on any atom is -0.492 e. The number of carbonyl (C=O) groups is 1. The molecule has 0 bridgehead atoms. The van der Waals surface area contributed by atoms with E-state index in [4.69, 9.17) is 4.74 Å². The third-order valence-corrected chi connectivity index (χ3v) is 8.33. The highest BCUT2D eigenvalue weighted by Crippen LogP contribution is 2.60. The van der Waals surface area contributed by atoms with Gasteiger partial charge in [-0.05, 0) is 49.3 Å². The molecule has 0 saturated heterocycles. The van der Waals surface area contributed by atoms with Gasteiger partial charge in [0.15, 0.2) is 0 Å². The minimum absolute atomic E-state index is 0.0867. The molecule has 1 fully saturated rings. The van der Waals surface area contributed by atoms with Gasteiger partial charge in [0.25, 0.3) is 10.0 Å². The summed E-state index contributed by atoms with van der Waals surface area (Å²) in [6.07, 6.45) is 4.25. The van der Waals surface area contributed by atoms with Gasteiger partial charge >= 0.3 is 5.97 Å². The van der Waals surface area contributed by atoms with Crippen LogP contribution in [0.3, 0.4) is 0 Å².